The van der Waals surface area contributed by atoms with Crippen LogP contribution in [0.4, 0.5) is 17.1 Å². The van der Waals surface area contributed by atoms with E-state index in [-0.39, 0.29) is 34.8 Å². The first-order chi connectivity index (χ1) is 20.4. The van der Waals surface area contributed by atoms with Gasteiger partial charge in [-0.3, -0.25) is 23.9 Å². The summed E-state index contributed by atoms with van der Waals surface area (Å²) in [6.45, 7) is 5.69. The Balaban J connectivity index is 1.45. The molecule has 1 saturated heterocycles. The molecule has 0 radical (unpaired) electrons. The van der Waals surface area contributed by atoms with Crippen LogP contribution in [-0.4, -0.2) is 67.6 Å². The highest BCUT2D eigenvalue weighted by atomic mass is 32.1. The first-order valence-electron chi connectivity index (χ1n) is 13.6. The zero-order valence-corrected chi connectivity index (χ0v) is 24.5. The number of nitrogens with zero attached hydrogens (tertiary/aromatic N) is 5. The summed E-state index contributed by atoms with van der Waals surface area (Å²) in [6, 6.07) is 19.5. The maximum Gasteiger partial charge on any atom is 0.270 e. The topological polar surface area (TPSA) is 114 Å². The van der Waals surface area contributed by atoms with Crippen molar-refractivity contribution in [2.75, 3.05) is 61.4 Å². The third-order valence-corrected chi connectivity index (χ3v) is 8.09. The van der Waals surface area contributed by atoms with Crippen molar-refractivity contribution >= 4 is 52.0 Å². The average Bonchev–Trinajstić information content (AvgIpc) is 3.34. The van der Waals surface area contributed by atoms with E-state index < -0.39 is 5.91 Å². The SMILES string of the molecule is C#CCNC(=O)C(C#N)=c1sc(=CNc2cccc(N(C)C(=O)CN3CCN(c4ccccc4)CC3)c2)c(=O)n1CC. The largest absolute Gasteiger partial charge is 0.369 e. The molecule has 1 aliphatic heterocycles. The number of piperazine rings is 1. The van der Waals surface area contributed by atoms with Gasteiger partial charge in [0.25, 0.3) is 11.5 Å². The molecule has 1 aromatic heterocycles. The van der Waals surface area contributed by atoms with Crippen LogP contribution >= 0.6 is 11.3 Å². The third-order valence-electron chi connectivity index (χ3n) is 6.96. The van der Waals surface area contributed by atoms with E-state index in [4.69, 9.17) is 6.42 Å². The Morgan fingerprint density at radius 3 is 2.52 bits per heavy atom. The minimum absolute atomic E-state index is 0.0132. The molecule has 0 atom stereocenters. The van der Waals surface area contributed by atoms with Crippen LogP contribution in [0.1, 0.15) is 6.92 Å². The Labute approximate surface area is 248 Å². The van der Waals surface area contributed by atoms with Crippen LogP contribution in [0.2, 0.25) is 0 Å². The zero-order chi connectivity index (χ0) is 30.1. The minimum atomic E-state index is -0.628. The molecule has 0 spiro atoms. The lowest BCUT2D eigenvalue weighted by Gasteiger charge is -2.36. The summed E-state index contributed by atoms with van der Waals surface area (Å²) in [6.07, 6.45) is 6.74. The summed E-state index contributed by atoms with van der Waals surface area (Å²) >= 11 is 1.04. The number of amides is 2. The fourth-order valence-corrected chi connectivity index (χ4v) is 5.69. The van der Waals surface area contributed by atoms with Crippen LogP contribution < -0.4 is 35.2 Å². The van der Waals surface area contributed by atoms with Gasteiger partial charge in [0.1, 0.15) is 15.3 Å². The van der Waals surface area contributed by atoms with E-state index >= 15 is 0 Å². The number of thiazole rings is 1. The Hall–Kier alpha value is -4.84. The molecule has 216 valence electrons. The molecule has 2 heterocycles. The van der Waals surface area contributed by atoms with Gasteiger partial charge < -0.3 is 20.4 Å². The van der Waals surface area contributed by atoms with Crippen molar-refractivity contribution in [2.24, 2.45) is 0 Å². The van der Waals surface area contributed by atoms with Gasteiger partial charge in [-0.2, -0.15) is 5.26 Å². The van der Waals surface area contributed by atoms with Gasteiger partial charge in [-0.25, -0.2) is 0 Å². The van der Waals surface area contributed by atoms with Crippen molar-refractivity contribution in [2.45, 2.75) is 13.5 Å². The molecule has 0 bridgehead atoms. The number of nitriles is 1. The maximum atomic E-state index is 13.1. The Kier molecular flexibility index (Phi) is 10.2. The number of likely N-dealkylation sites (N-methyl/N-ethyl adjacent to an activating group) is 1. The number of nitrogens with one attached hydrogen (secondary N) is 2. The summed E-state index contributed by atoms with van der Waals surface area (Å²) in [5.74, 6) is 1.65. The monoisotopic (exact) mass is 583 g/mol. The normalized spacial score (nSPS) is 14.5. The number of para-hydroxylation sites is 1. The molecule has 3 aromatic rings. The Morgan fingerprint density at radius 1 is 1.12 bits per heavy atom. The van der Waals surface area contributed by atoms with Crippen LogP contribution in [0, 0.1) is 23.7 Å². The fourth-order valence-electron chi connectivity index (χ4n) is 4.61. The number of rotatable bonds is 9. The fraction of sp³-hybridized carbons (Fsp3) is 0.290. The van der Waals surface area contributed by atoms with Crippen LogP contribution in [0.5, 0.6) is 0 Å². The van der Waals surface area contributed by atoms with Gasteiger partial charge in [-0.15, -0.1) is 17.8 Å². The van der Waals surface area contributed by atoms with E-state index in [2.05, 4.69) is 38.5 Å². The molecule has 4 rings (SSSR count). The number of benzene rings is 2. The Bertz CT molecular complexity index is 1690. The summed E-state index contributed by atoms with van der Waals surface area (Å²) < 4.78 is 1.97. The lowest BCUT2D eigenvalue weighted by atomic mass is 10.2. The van der Waals surface area contributed by atoms with E-state index in [0.29, 0.717) is 22.5 Å². The lowest BCUT2D eigenvalue weighted by Crippen LogP contribution is -2.49. The van der Waals surface area contributed by atoms with Gasteiger partial charge in [0, 0.05) is 63.0 Å². The lowest BCUT2D eigenvalue weighted by molar-refractivity contribution is -0.119. The maximum absolute atomic E-state index is 13.1. The van der Waals surface area contributed by atoms with Crippen molar-refractivity contribution in [3.63, 3.8) is 0 Å². The first kappa shape index (κ1) is 30.1. The number of hydrogen-bond acceptors (Lipinski definition) is 8. The molecule has 1 fully saturated rings. The molecule has 42 heavy (non-hydrogen) atoms. The van der Waals surface area contributed by atoms with Gasteiger partial charge in [0.15, 0.2) is 5.57 Å². The Morgan fingerprint density at radius 2 is 1.86 bits per heavy atom. The predicted octanol–water partition coefficient (Wildman–Crippen LogP) is 0.988. The highest BCUT2D eigenvalue weighted by Crippen LogP contribution is 2.20. The summed E-state index contributed by atoms with van der Waals surface area (Å²) in [5.41, 5.74) is 2.10. The van der Waals surface area contributed by atoms with Crippen LogP contribution in [0.25, 0.3) is 11.8 Å². The number of carbonyl (C=O) groups is 2. The van der Waals surface area contributed by atoms with Gasteiger partial charge >= 0.3 is 0 Å². The van der Waals surface area contributed by atoms with Crippen molar-refractivity contribution in [1.29, 1.82) is 5.26 Å². The molecule has 0 unspecified atom stereocenters. The molecular formula is C31H33N7O3S. The molecule has 11 heteroatoms. The molecule has 2 N–H and O–H groups in total. The quantitative estimate of drug-likeness (QED) is 0.361. The molecular weight excluding hydrogens is 550 g/mol. The molecule has 1 aliphatic rings. The summed E-state index contributed by atoms with van der Waals surface area (Å²) in [7, 11) is 1.75. The van der Waals surface area contributed by atoms with Crippen molar-refractivity contribution in [3.8, 4) is 18.4 Å². The number of hydrogen-bond donors (Lipinski definition) is 2. The minimum Gasteiger partial charge on any atom is -0.369 e. The van der Waals surface area contributed by atoms with Crippen LogP contribution in [-0.2, 0) is 16.1 Å². The van der Waals surface area contributed by atoms with Crippen molar-refractivity contribution < 1.29 is 9.59 Å². The number of anilines is 3. The van der Waals surface area contributed by atoms with Gasteiger partial charge in [-0.1, -0.05) is 30.2 Å². The second-order valence-corrected chi connectivity index (χ2v) is 10.6. The molecule has 0 aliphatic carbocycles. The van der Waals surface area contributed by atoms with Crippen molar-refractivity contribution in [3.05, 3.63) is 74.1 Å². The number of carbonyl (C=O) groups excluding carboxylic acids is 2. The zero-order valence-electron chi connectivity index (χ0n) is 23.7. The smallest absolute Gasteiger partial charge is 0.270 e. The van der Waals surface area contributed by atoms with Crippen LogP contribution in [0.15, 0.2) is 59.4 Å². The molecule has 2 aromatic carbocycles. The predicted molar refractivity (Wildman–Crippen MR) is 167 cm³/mol. The van der Waals surface area contributed by atoms with Crippen LogP contribution in [0.3, 0.4) is 0 Å². The van der Waals surface area contributed by atoms with Gasteiger partial charge in [0.2, 0.25) is 5.91 Å². The highest BCUT2D eigenvalue weighted by molar-refractivity contribution is 7.07. The van der Waals surface area contributed by atoms with E-state index in [1.54, 1.807) is 25.1 Å². The summed E-state index contributed by atoms with van der Waals surface area (Å²) in [5, 5.41) is 15.2. The van der Waals surface area contributed by atoms with Gasteiger partial charge in [-0.05, 0) is 37.3 Å². The molecule has 2 amide bonds. The second-order valence-electron chi connectivity index (χ2n) is 9.58. The summed E-state index contributed by atoms with van der Waals surface area (Å²) in [4.78, 5) is 44.7. The van der Waals surface area contributed by atoms with Crippen molar-refractivity contribution in [1.82, 2.24) is 14.8 Å². The third kappa shape index (κ3) is 7.07. The average molecular weight is 584 g/mol. The standard InChI is InChI=1S/C31H33N7O3S/c1-4-14-33-29(40)26(20-32)31-38(5-2)30(41)27(42-31)21-34-23-10-9-13-25(19-23)35(3)28(39)22-36-15-17-37(18-16-36)24-11-7-6-8-12-24/h1,6-13,19,21,34H,5,14-18,22H2,2-3H3,(H,33,40). The first-order valence-corrected chi connectivity index (χ1v) is 14.4. The van der Waals surface area contributed by atoms with Gasteiger partial charge in [0.05, 0.1) is 13.1 Å². The molecule has 0 saturated carbocycles. The highest BCUT2D eigenvalue weighted by Gasteiger charge is 2.21. The number of terminal acetylenes is 1. The number of aromatic nitrogens is 1. The van der Waals surface area contributed by atoms with E-state index in [0.717, 1.165) is 37.5 Å². The van der Waals surface area contributed by atoms with E-state index in [1.807, 2.05) is 48.5 Å². The molecule has 10 nitrogen and oxygen atoms in total. The van der Waals surface area contributed by atoms with E-state index in [9.17, 15) is 19.6 Å². The van der Waals surface area contributed by atoms with E-state index in [1.165, 1.54) is 10.3 Å². The second kappa shape index (κ2) is 14.2.